The molecule has 1 aliphatic rings. The van der Waals surface area contributed by atoms with Crippen LogP contribution in [0.25, 0.3) is 11.1 Å². The highest BCUT2D eigenvalue weighted by molar-refractivity contribution is 5.89. The number of hydrogen-bond acceptors (Lipinski definition) is 10. The summed E-state index contributed by atoms with van der Waals surface area (Å²) < 4.78 is 21.8. The normalized spacial score (nSPS) is 13.2. The minimum absolute atomic E-state index is 0.0336. The second-order valence-corrected chi connectivity index (χ2v) is 12.8. The quantitative estimate of drug-likeness (QED) is 0.0471. The van der Waals surface area contributed by atoms with Gasteiger partial charge in [0.2, 0.25) is 11.8 Å². The molecule has 0 aliphatic heterocycles. The molecule has 1 aliphatic carbocycles. The third-order valence-corrected chi connectivity index (χ3v) is 8.85. The van der Waals surface area contributed by atoms with Gasteiger partial charge in [0.25, 0.3) is 0 Å². The summed E-state index contributed by atoms with van der Waals surface area (Å²) in [6, 6.07) is 22.1. The Bertz CT molecular complexity index is 1720. The first-order valence-electron chi connectivity index (χ1n) is 18.2. The molecule has 0 saturated heterocycles. The molecule has 3 amide bonds. The summed E-state index contributed by atoms with van der Waals surface area (Å²) in [5.74, 6) is -3.94. The Kier molecular flexibility index (Phi) is 17.1. The van der Waals surface area contributed by atoms with E-state index in [2.05, 4.69) is 29.1 Å². The standard InChI is InChI=1S/C42H49N3O10/c1-3-5-20-36(45-42(51)55-27-35-33-18-11-9-16-31(33)32-17-10-12-19-34(32)35)40(49)54-28-37(41(50)53-26-29-14-7-6-8-15-29)44-39(48)30(13-4-2)25-38(47)43-21-23-52-24-22-46/h3-4,6-12,14-19,30,35-37,46H,1-2,5,13,20-28H2,(H,43,47)(H,44,48)(H,45,51)/t30-,36-,37+/m0/s1. The predicted molar refractivity (Wildman–Crippen MR) is 204 cm³/mol. The number of aliphatic hydroxyl groups excluding tert-OH is 1. The number of rotatable bonds is 23. The number of alkyl carbamates (subject to hydrolysis) is 1. The van der Waals surface area contributed by atoms with Gasteiger partial charge in [-0.15, -0.1) is 13.2 Å². The summed E-state index contributed by atoms with van der Waals surface area (Å²) in [5.41, 5.74) is 4.90. The van der Waals surface area contributed by atoms with Gasteiger partial charge in [-0.2, -0.15) is 0 Å². The molecular formula is C42H49N3O10. The zero-order valence-electron chi connectivity index (χ0n) is 30.8. The van der Waals surface area contributed by atoms with Crippen LogP contribution in [0, 0.1) is 5.92 Å². The third kappa shape index (κ3) is 12.9. The molecule has 0 spiro atoms. The van der Waals surface area contributed by atoms with Gasteiger partial charge in [0, 0.05) is 18.9 Å². The van der Waals surface area contributed by atoms with Gasteiger partial charge in [-0.05, 0) is 47.1 Å². The maximum atomic E-state index is 13.4. The zero-order chi connectivity index (χ0) is 39.4. The average molecular weight is 756 g/mol. The summed E-state index contributed by atoms with van der Waals surface area (Å²) in [4.78, 5) is 65.9. The fraction of sp³-hybridized carbons (Fsp3) is 0.357. The Morgan fingerprint density at radius 2 is 1.42 bits per heavy atom. The van der Waals surface area contributed by atoms with Crippen molar-refractivity contribution in [3.63, 3.8) is 0 Å². The van der Waals surface area contributed by atoms with E-state index in [9.17, 15) is 24.0 Å². The van der Waals surface area contributed by atoms with Crippen molar-refractivity contribution < 1.29 is 48.0 Å². The number of benzene rings is 3. The summed E-state index contributed by atoms with van der Waals surface area (Å²) in [7, 11) is 0. The van der Waals surface area contributed by atoms with Crippen molar-refractivity contribution in [3.05, 3.63) is 121 Å². The van der Waals surface area contributed by atoms with Crippen LogP contribution in [-0.2, 0) is 44.7 Å². The molecule has 0 bridgehead atoms. The molecule has 13 heteroatoms. The molecule has 3 atom stereocenters. The Balaban J connectivity index is 1.39. The number of esters is 2. The summed E-state index contributed by atoms with van der Waals surface area (Å²) in [5, 5.41) is 16.6. The molecule has 0 aromatic heterocycles. The van der Waals surface area contributed by atoms with E-state index in [-0.39, 0.29) is 64.8 Å². The molecule has 55 heavy (non-hydrogen) atoms. The van der Waals surface area contributed by atoms with E-state index >= 15 is 0 Å². The smallest absolute Gasteiger partial charge is 0.407 e. The summed E-state index contributed by atoms with van der Waals surface area (Å²) in [6.45, 7) is 7.01. The number of nitrogens with one attached hydrogen (secondary N) is 3. The fourth-order valence-corrected chi connectivity index (χ4v) is 6.08. The van der Waals surface area contributed by atoms with Crippen molar-refractivity contribution in [2.24, 2.45) is 5.92 Å². The van der Waals surface area contributed by atoms with Crippen LogP contribution in [0.4, 0.5) is 4.79 Å². The first-order valence-corrected chi connectivity index (χ1v) is 18.2. The van der Waals surface area contributed by atoms with E-state index in [1.807, 2.05) is 54.6 Å². The van der Waals surface area contributed by atoms with Gasteiger partial charge in [0.05, 0.1) is 25.7 Å². The lowest BCUT2D eigenvalue weighted by Gasteiger charge is -2.23. The Morgan fingerprint density at radius 1 is 0.764 bits per heavy atom. The molecule has 0 saturated carbocycles. The second-order valence-electron chi connectivity index (χ2n) is 12.8. The zero-order valence-corrected chi connectivity index (χ0v) is 30.8. The molecule has 292 valence electrons. The van der Waals surface area contributed by atoms with E-state index in [1.165, 1.54) is 6.08 Å². The van der Waals surface area contributed by atoms with Crippen LogP contribution in [0.2, 0.25) is 0 Å². The number of allylic oxidation sites excluding steroid dienone is 2. The van der Waals surface area contributed by atoms with Crippen LogP contribution in [0.1, 0.15) is 48.3 Å². The van der Waals surface area contributed by atoms with Crippen molar-refractivity contribution in [3.8, 4) is 11.1 Å². The first-order chi connectivity index (χ1) is 26.7. The lowest BCUT2D eigenvalue weighted by molar-refractivity contribution is -0.156. The van der Waals surface area contributed by atoms with Crippen LogP contribution >= 0.6 is 0 Å². The van der Waals surface area contributed by atoms with Crippen molar-refractivity contribution in [2.45, 2.75) is 50.3 Å². The van der Waals surface area contributed by atoms with Gasteiger partial charge < -0.3 is 40.0 Å². The van der Waals surface area contributed by atoms with E-state index in [0.29, 0.717) is 12.0 Å². The minimum atomic E-state index is -1.45. The largest absolute Gasteiger partial charge is 0.461 e. The highest BCUT2D eigenvalue weighted by atomic mass is 16.6. The molecule has 0 heterocycles. The maximum absolute atomic E-state index is 13.4. The van der Waals surface area contributed by atoms with Crippen LogP contribution in [-0.4, -0.2) is 86.6 Å². The number of fused-ring (bicyclic) bond motifs is 3. The Labute approximate surface area is 321 Å². The van der Waals surface area contributed by atoms with Gasteiger partial charge >= 0.3 is 18.0 Å². The number of amides is 3. The Hall–Kier alpha value is -5.79. The highest BCUT2D eigenvalue weighted by Gasteiger charge is 2.32. The summed E-state index contributed by atoms with van der Waals surface area (Å²) in [6.07, 6.45) is 2.60. The van der Waals surface area contributed by atoms with Gasteiger partial charge in [-0.3, -0.25) is 9.59 Å². The van der Waals surface area contributed by atoms with E-state index in [4.69, 9.17) is 24.1 Å². The Morgan fingerprint density at radius 3 is 2.07 bits per heavy atom. The van der Waals surface area contributed by atoms with Crippen LogP contribution in [0.5, 0.6) is 0 Å². The molecule has 0 fully saturated rings. The monoisotopic (exact) mass is 755 g/mol. The van der Waals surface area contributed by atoms with Crippen molar-refractivity contribution in [2.75, 3.05) is 39.6 Å². The number of aliphatic hydroxyl groups is 1. The topological polar surface area (TPSA) is 179 Å². The molecule has 4 N–H and O–H groups in total. The maximum Gasteiger partial charge on any atom is 0.407 e. The third-order valence-electron chi connectivity index (χ3n) is 8.85. The first kappa shape index (κ1) is 42.0. The molecule has 3 aromatic rings. The van der Waals surface area contributed by atoms with Crippen molar-refractivity contribution in [1.82, 2.24) is 16.0 Å². The van der Waals surface area contributed by atoms with E-state index in [0.717, 1.165) is 22.3 Å². The van der Waals surface area contributed by atoms with Gasteiger partial charge in [0.15, 0.2) is 6.04 Å². The number of ether oxygens (including phenoxy) is 4. The van der Waals surface area contributed by atoms with Gasteiger partial charge in [-0.25, -0.2) is 14.4 Å². The lowest BCUT2D eigenvalue weighted by atomic mass is 9.98. The number of hydrogen-bond donors (Lipinski definition) is 4. The fourth-order valence-electron chi connectivity index (χ4n) is 6.08. The minimum Gasteiger partial charge on any atom is -0.461 e. The van der Waals surface area contributed by atoms with Gasteiger partial charge in [0.1, 0.15) is 25.9 Å². The summed E-state index contributed by atoms with van der Waals surface area (Å²) >= 11 is 0. The molecule has 4 rings (SSSR count). The SMILES string of the molecule is C=CCC[C@H](NC(=O)OCC1c2ccccc2-c2ccccc21)C(=O)OC[C@@H](NC(=O)[C@@H](CC=C)CC(=O)NCCOCCO)C(=O)OCc1ccccc1. The highest BCUT2D eigenvalue weighted by Crippen LogP contribution is 2.44. The van der Waals surface area contributed by atoms with Gasteiger partial charge in [-0.1, -0.05) is 91.0 Å². The van der Waals surface area contributed by atoms with Crippen LogP contribution in [0.15, 0.2) is 104 Å². The lowest BCUT2D eigenvalue weighted by Crippen LogP contribution is -2.49. The van der Waals surface area contributed by atoms with Crippen LogP contribution < -0.4 is 16.0 Å². The molecule has 3 aromatic carbocycles. The number of carbonyl (C=O) groups is 5. The van der Waals surface area contributed by atoms with Crippen molar-refractivity contribution in [1.29, 1.82) is 0 Å². The molecular weight excluding hydrogens is 706 g/mol. The van der Waals surface area contributed by atoms with Crippen LogP contribution in [0.3, 0.4) is 0 Å². The molecule has 0 radical (unpaired) electrons. The predicted octanol–water partition coefficient (Wildman–Crippen LogP) is 4.34. The average Bonchev–Trinajstić information content (AvgIpc) is 3.52. The van der Waals surface area contributed by atoms with E-state index < -0.39 is 54.5 Å². The van der Waals surface area contributed by atoms with E-state index in [1.54, 1.807) is 30.3 Å². The number of carbonyl (C=O) groups excluding carboxylic acids is 5. The second kappa shape index (κ2) is 22.4. The molecule has 0 unspecified atom stereocenters. The van der Waals surface area contributed by atoms with Crippen molar-refractivity contribution >= 4 is 29.8 Å². The molecule has 13 nitrogen and oxygen atoms in total.